The summed E-state index contributed by atoms with van der Waals surface area (Å²) < 4.78 is 11.7. The molecule has 1 saturated carbocycles. The minimum absolute atomic E-state index is 0.0871. The smallest absolute Gasteiger partial charge is 0.174 e. The number of benzene rings is 1. The van der Waals surface area contributed by atoms with E-state index >= 15 is 0 Å². The van der Waals surface area contributed by atoms with Crippen molar-refractivity contribution in [2.75, 3.05) is 20.7 Å². The minimum atomic E-state index is -0.364. The molecule has 1 saturated heterocycles. The number of carbonyl (C=O) groups excluding carboxylic acids is 1. The van der Waals surface area contributed by atoms with Crippen molar-refractivity contribution in [3.63, 3.8) is 0 Å². The maximum absolute atomic E-state index is 12.7. The van der Waals surface area contributed by atoms with Crippen LogP contribution in [0, 0.1) is 0 Å². The van der Waals surface area contributed by atoms with Crippen LogP contribution in [0.3, 0.4) is 0 Å². The van der Waals surface area contributed by atoms with Gasteiger partial charge >= 0.3 is 0 Å². The molecule has 2 bridgehead atoms. The van der Waals surface area contributed by atoms with E-state index in [1.807, 2.05) is 6.07 Å². The Morgan fingerprint density at radius 1 is 1.39 bits per heavy atom. The molecule has 0 amide bonds. The number of halogens is 1. The number of ether oxygens (including phenoxy) is 2. The quantitative estimate of drug-likeness (QED) is 0.704. The second kappa shape index (κ2) is 4.31. The van der Waals surface area contributed by atoms with Crippen LogP contribution in [0.15, 0.2) is 12.1 Å². The SMILES string of the molecule is COc1ccc2c3c1O[C@H]1C(=O)CC[C@@]4(Br)[C@@H](C2)N(C)CC[C@]314. The highest BCUT2D eigenvalue weighted by atomic mass is 79.9. The summed E-state index contributed by atoms with van der Waals surface area (Å²) in [7, 11) is 3.88. The average molecular weight is 378 g/mol. The summed E-state index contributed by atoms with van der Waals surface area (Å²) >= 11 is 4.15. The molecule has 5 heteroatoms. The van der Waals surface area contributed by atoms with Crippen molar-refractivity contribution < 1.29 is 14.3 Å². The molecule has 5 rings (SSSR count). The molecule has 0 unspecified atom stereocenters. The molecule has 122 valence electrons. The van der Waals surface area contributed by atoms with E-state index in [0.29, 0.717) is 12.5 Å². The van der Waals surface area contributed by atoms with Crippen LogP contribution >= 0.6 is 15.9 Å². The summed E-state index contributed by atoms with van der Waals surface area (Å²) in [5.74, 6) is 1.82. The number of likely N-dealkylation sites (tertiary alicyclic amines) is 1. The van der Waals surface area contributed by atoms with Gasteiger partial charge in [0, 0.05) is 18.0 Å². The number of likely N-dealkylation sites (N-methyl/N-ethyl adjacent to an activating group) is 1. The van der Waals surface area contributed by atoms with E-state index in [0.717, 1.165) is 37.3 Å². The lowest BCUT2D eigenvalue weighted by atomic mass is 9.51. The summed E-state index contributed by atoms with van der Waals surface area (Å²) in [6.07, 6.45) is 3.07. The third-order valence-corrected chi connectivity index (χ3v) is 8.29. The Morgan fingerprint density at radius 2 is 2.22 bits per heavy atom. The summed E-state index contributed by atoms with van der Waals surface area (Å²) in [4.78, 5) is 15.2. The Bertz CT molecular complexity index is 735. The lowest BCUT2D eigenvalue weighted by Crippen LogP contribution is -2.73. The maximum Gasteiger partial charge on any atom is 0.174 e. The molecule has 4 atom stereocenters. The standard InChI is InChI=1S/C18H20BrNO3/c1-20-8-7-17-14-10-3-4-12(22-2)15(14)23-16(17)11(21)5-6-18(17,19)13(20)9-10/h3-4,13,16H,5-9H2,1-2H3/t13-,16+,17+,18-/m1/s1. The van der Waals surface area contributed by atoms with Crippen molar-refractivity contribution in [3.05, 3.63) is 23.3 Å². The van der Waals surface area contributed by atoms with Gasteiger partial charge in [0.1, 0.15) is 0 Å². The first-order valence-corrected chi connectivity index (χ1v) is 9.11. The minimum Gasteiger partial charge on any atom is -0.493 e. The first kappa shape index (κ1) is 14.3. The van der Waals surface area contributed by atoms with Crippen LogP contribution in [-0.2, 0) is 16.6 Å². The second-order valence-electron chi connectivity index (χ2n) is 7.38. The highest BCUT2D eigenvalue weighted by Gasteiger charge is 2.72. The van der Waals surface area contributed by atoms with Gasteiger partial charge in [-0.1, -0.05) is 22.0 Å². The van der Waals surface area contributed by atoms with Crippen LogP contribution in [-0.4, -0.2) is 47.9 Å². The van der Waals surface area contributed by atoms with Crippen molar-refractivity contribution in [3.8, 4) is 11.5 Å². The zero-order valence-electron chi connectivity index (χ0n) is 13.4. The largest absolute Gasteiger partial charge is 0.493 e. The van der Waals surface area contributed by atoms with Crippen molar-refractivity contribution in [1.82, 2.24) is 4.90 Å². The average Bonchev–Trinajstić information content (AvgIpc) is 2.90. The van der Waals surface area contributed by atoms with Gasteiger partial charge in [-0.25, -0.2) is 0 Å². The maximum atomic E-state index is 12.7. The van der Waals surface area contributed by atoms with E-state index in [1.54, 1.807) is 7.11 Å². The Labute approximate surface area is 144 Å². The van der Waals surface area contributed by atoms with Crippen molar-refractivity contribution >= 4 is 21.7 Å². The normalized spacial score (nSPS) is 40.6. The lowest BCUT2D eigenvalue weighted by Gasteiger charge is -2.62. The molecule has 1 spiro atoms. The fourth-order valence-corrected chi connectivity index (χ4v) is 6.94. The molecular weight excluding hydrogens is 358 g/mol. The van der Waals surface area contributed by atoms with E-state index in [1.165, 1.54) is 11.1 Å². The van der Waals surface area contributed by atoms with Gasteiger partial charge < -0.3 is 14.4 Å². The molecule has 0 radical (unpaired) electrons. The number of ketones is 1. The first-order chi connectivity index (χ1) is 11.0. The first-order valence-electron chi connectivity index (χ1n) is 8.32. The van der Waals surface area contributed by atoms with Gasteiger partial charge in [-0.15, -0.1) is 0 Å². The fourth-order valence-electron chi connectivity index (χ4n) is 5.63. The molecule has 1 aromatic carbocycles. The summed E-state index contributed by atoms with van der Waals surface area (Å²) in [6, 6.07) is 4.56. The number of rotatable bonds is 1. The molecular formula is C18H20BrNO3. The van der Waals surface area contributed by atoms with E-state index in [-0.39, 0.29) is 21.6 Å². The fraction of sp³-hybridized carbons (Fsp3) is 0.611. The zero-order valence-corrected chi connectivity index (χ0v) is 15.0. The number of nitrogens with zero attached hydrogens (tertiary/aromatic N) is 1. The molecule has 2 aliphatic heterocycles. The Hall–Kier alpha value is -1.07. The number of methoxy groups -OCH3 is 1. The third kappa shape index (κ3) is 1.41. The number of Topliss-reactive ketones (excluding diaryl/α,β-unsaturated/α-hetero) is 1. The topological polar surface area (TPSA) is 38.8 Å². The van der Waals surface area contributed by atoms with Crippen LogP contribution < -0.4 is 9.47 Å². The van der Waals surface area contributed by atoms with Crippen LogP contribution in [0.2, 0.25) is 0 Å². The molecule has 2 aliphatic carbocycles. The van der Waals surface area contributed by atoms with E-state index < -0.39 is 0 Å². The van der Waals surface area contributed by atoms with Gasteiger partial charge in [-0.05, 0) is 44.5 Å². The second-order valence-corrected chi connectivity index (χ2v) is 8.79. The van der Waals surface area contributed by atoms with Crippen LogP contribution in [0.4, 0.5) is 0 Å². The number of piperidine rings is 1. The summed E-state index contributed by atoms with van der Waals surface area (Å²) in [5.41, 5.74) is 2.33. The molecule has 2 fully saturated rings. The Kier molecular flexibility index (Phi) is 2.68. The molecule has 4 nitrogen and oxygen atoms in total. The van der Waals surface area contributed by atoms with Gasteiger partial charge in [0.25, 0.3) is 0 Å². The van der Waals surface area contributed by atoms with Gasteiger partial charge in [-0.3, -0.25) is 4.79 Å². The van der Waals surface area contributed by atoms with Gasteiger partial charge in [-0.2, -0.15) is 0 Å². The van der Waals surface area contributed by atoms with Crippen molar-refractivity contribution in [2.45, 2.75) is 47.6 Å². The molecule has 1 aromatic rings. The lowest BCUT2D eigenvalue weighted by molar-refractivity contribution is -0.135. The van der Waals surface area contributed by atoms with Crippen LogP contribution in [0.5, 0.6) is 11.5 Å². The van der Waals surface area contributed by atoms with E-state index in [2.05, 4.69) is 33.9 Å². The predicted octanol–water partition coefficient (Wildman–Crippen LogP) is 2.45. The highest BCUT2D eigenvalue weighted by Crippen LogP contribution is 2.67. The monoisotopic (exact) mass is 377 g/mol. The van der Waals surface area contributed by atoms with E-state index in [4.69, 9.17) is 9.47 Å². The molecule has 2 heterocycles. The summed E-state index contributed by atoms with van der Waals surface area (Å²) in [6.45, 7) is 1.00. The number of alkyl halides is 1. The highest BCUT2D eigenvalue weighted by molar-refractivity contribution is 9.10. The van der Waals surface area contributed by atoms with Gasteiger partial charge in [0.15, 0.2) is 23.4 Å². The van der Waals surface area contributed by atoms with E-state index in [9.17, 15) is 4.79 Å². The van der Waals surface area contributed by atoms with Gasteiger partial charge in [0.2, 0.25) is 0 Å². The zero-order chi connectivity index (χ0) is 16.0. The number of hydrogen-bond donors (Lipinski definition) is 0. The van der Waals surface area contributed by atoms with Crippen molar-refractivity contribution in [2.24, 2.45) is 0 Å². The molecule has 0 N–H and O–H groups in total. The Morgan fingerprint density at radius 3 is 3.00 bits per heavy atom. The number of carbonyl (C=O) groups is 1. The molecule has 0 aromatic heterocycles. The van der Waals surface area contributed by atoms with Crippen molar-refractivity contribution in [1.29, 1.82) is 0 Å². The summed E-state index contributed by atoms with van der Waals surface area (Å²) in [5, 5.41) is 0. The number of hydrogen-bond acceptors (Lipinski definition) is 4. The predicted molar refractivity (Wildman–Crippen MR) is 89.7 cm³/mol. The molecule has 23 heavy (non-hydrogen) atoms. The Balaban J connectivity index is 1.86. The van der Waals surface area contributed by atoms with Crippen LogP contribution in [0.1, 0.15) is 30.4 Å². The molecule has 4 aliphatic rings. The van der Waals surface area contributed by atoms with Crippen LogP contribution in [0.25, 0.3) is 0 Å². The third-order valence-electron chi connectivity index (χ3n) is 6.66. The van der Waals surface area contributed by atoms with Gasteiger partial charge in [0.05, 0.1) is 16.8 Å².